The van der Waals surface area contributed by atoms with Gasteiger partial charge in [-0.15, -0.1) is 0 Å². The summed E-state index contributed by atoms with van der Waals surface area (Å²) in [4.78, 5) is 29.7. The molecule has 4 rings (SSSR count). The number of hydrogen-bond acceptors (Lipinski definition) is 5. The number of nitrogens with one attached hydrogen (secondary N) is 1. The lowest BCUT2D eigenvalue weighted by Crippen LogP contribution is -2.37. The van der Waals surface area contributed by atoms with E-state index in [0.29, 0.717) is 5.02 Å². The number of fused-ring (bicyclic) bond motifs is 1. The first-order valence-corrected chi connectivity index (χ1v) is 10.2. The van der Waals surface area contributed by atoms with Crippen LogP contribution in [0.5, 0.6) is 0 Å². The van der Waals surface area contributed by atoms with E-state index in [-0.39, 0.29) is 34.2 Å². The molecule has 2 aromatic carbocycles. The minimum absolute atomic E-state index is 0.0961. The first-order chi connectivity index (χ1) is 15.3. The van der Waals surface area contributed by atoms with Crippen LogP contribution in [0.2, 0.25) is 10.0 Å². The van der Waals surface area contributed by atoms with Crippen molar-refractivity contribution in [2.24, 2.45) is 19.2 Å². The van der Waals surface area contributed by atoms with Gasteiger partial charge in [0.2, 0.25) is 5.95 Å². The fourth-order valence-corrected chi connectivity index (χ4v) is 3.68. The Kier molecular flexibility index (Phi) is 5.86. The monoisotopic (exact) mass is 474 g/mol. The highest BCUT2D eigenvalue weighted by molar-refractivity contribution is 6.33. The number of nitrogens with zero attached hydrogens (tertiary/aromatic N) is 5. The third-order valence-electron chi connectivity index (χ3n) is 4.99. The number of hydrogen-bond donors (Lipinski definition) is 1. The van der Waals surface area contributed by atoms with Gasteiger partial charge < -0.3 is 0 Å². The van der Waals surface area contributed by atoms with Crippen LogP contribution in [0.15, 0.2) is 57.2 Å². The Labute approximate surface area is 191 Å². The number of benzene rings is 2. The molecule has 8 nitrogen and oxygen atoms in total. The molecule has 0 radical (unpaired) electrons. The van der Waals surface area contributed by atoms with E-state index in [1.807, 2.05) is 12.1 Å². The van der Waals surface area contributed by atoms with Gasteiger partial charge in [-0.25, -0.2) is 14.6 Å². The molecule has 4 aromatic rings. The van der Waals surface area contributed by atoms with Gasteiger partial charge in [-0.1, -0.05) is 47.5 Å². The van der Waals surface area contributed by atoms with E-state index in [4.69, 9.17) is 23.2 Å². The fourth-order valence-electron chi connectivity index (χ4n) is 3.27. The van der Waals surface area contributed by atoms with Crippen LogP contribution in [0.3, 0.4) is 0 Å². The first kappa shape index (κ1) is 21.8. The van der Waals surface area contributed by atoms with Gasteiger partial charge in [-0.05, 0) is 23.8 Å². The summed E-state index contributed by atoms with van der Waals surface area (Å²) in [6, 6.07) is 11.4. The maximum atomic E-state index is 14.0. The number of rotatable bonds is 5. The zero-order valence-electron chi connectivity index (χ0n) is 17.0. The maximum absolute atomic E-state index is 14.0. The molecule has 164 valence electrons. The zero-order chi connectivity index (χ0) is 23.0. The Balaban J connectivity index is 1.86. The third-order valence-corrected chi connectivity index (χ3v) is 5.69. The number of anilines is 1. The largest absolute Gasteiger partial charge is 0.332 e. The van der Waals surface area contributed by atoms with Crippen LogP contribution >= 0.6 is 23.2 Å². The van der Waals surface area contributed by atoms with Gasteiger partial charge in [0.15, 0.2) is 11.2 Å². The third kappa shape index (κ3) is 3.80. The van der Waals surface area contributed by atoms with E-state index < -0.39 is 17.1 Å². The predicted octanol–water partition coefficient (Wildman–Crippen LogP) is 3.37. The molecular weight excluding hydrogens is 458 g/mol. The number of aromatic nitrogens is 4. The van der Waals surface area contributed by atoms with Gasteiger partial charge in [-0.2, -0.15) is 10.1 Å². The van der Waals surface area contributed by atoms with Gasteiger partial charge in [0.25, 0.3) is 5.56 Å². The first-order valence-electron chi connectivity index (χ1n) is 9.42. The molecule has 0 aliphatic carbocycles. The molecule has 2 aromatic heterocycles. The van der Waals surface area contributed by atoms with Gasteiger partial charge >= 0.3 is 5.69 Å². The molecule has 11 heteroatoms. The molecule has 0 aliphatic rings. The van der Waals surface area contributed by atoms with E-state index in [9.17, 15) is 14.0 Å². The van der Waals surface area contributed by atoms with Crippen LogP contribution in [-0.4, -0.2) is 24.9 Å². The van der Waals surface area contributed by atoms with E-state index >= 15 is 0 Å². The number of imidazole rings is 1. The molecule has 0 fully saturated rings. The number of hydrazone groups is 1. The van der Waals surface area contributed by atoms with Gasteiger partial charge in [0.1, 0.15) is 5.82 Å². The molecule has 0 bridgehead atoms. The quantitative estimate of drug-likeness (QED) is 0.354. The van der Waals surface area contributed by atoms with Crippen LogP contribution in [0.1, 0.15) is 11.1 Å². The Morgan fingerprint density at radius 1 is 1.06 bits per heavy atom. The molecule has 0 saturated heterocycles. The van der Waals surface area contributed by atoms with Crippen molar-refractivity contribution in [2.45, 2.75) is 6.54 Å². The summed E-state index contributed by atoms with van der Waals surface area (Å²) in [6.07, 6.45) is 1.22. The molecule has 0 atom stereocenters. The van der Waals surface area contributed by atoms with Crippen molar-refractivity contribution in [1.29, 1.82) is 0 Å². The van der Waals surface area contributed by atoms with Crippen molar-refractivity contribution >= 4 is 46.5 Å². The van der Waals surface area contributed by atoms with Crippen LogP contribution in [0.25, 0.3) is 11.2 Å². The van der Waals surface area contributed by atoms with Crippen LogP contribution in [-0.2, 0) is 20.6 Å². The zero-order valence-corrected chi connectivity index (χ0v) is 18.5. The average Bonchev–Trinajstić information content (AvgIpc) is 3.12. The van der Waals surface area contributed by atoms with Crippen LogP contribution in [0, 0.1) is 5.82 Å². The smallest absolute Gasteiger partial charge is 0.298 e. The average molecular weight is 475 g/mol. The van der Waals surface area contributed by atoms with Gasteiger partial charge in [0, 0.05) is 24.7 Å². The highest BCUT2D eigenvalue weighted by atomic mass is 35.5. The molecule has 0 unspecified atom stereocenters. The van der Waals surface area contributed by atoms with Crippen molar-refractivity contribution in [2.75, 3.05) is 5.43 Å². The molecule has 32 heavy (non-hydrogen) atoms. The van der Waals surface area contributed by atoms with Crippen LogP contribution < -0.4 is 16.7 Å². The lowest BCUT2D eigenvalue weighted by molar-refractivity contribution is 0.626. The second kappa shape index (κ2) is 8.60. The van der Waals surface area contributed by atoms with E-state index in [1.54, 1.807) is 16.7 Å². The Morgan fingerprint density at radius 3 is 2.50 bits per heavy atom. The Hall–Kier alpha value is -3.43. The standard InChI is InChI=1S/C21H17Cl2FN6O2/c1-28-18-17(19(31)29(2)21(28)32)30(11-12-6-3-4-7-14(12)22)20(26-18)27-25-10-13-15(23)8-5-9-16(13)24/h3-10H,11H2,1-2H3,(H,26,27)/b25-10-. The Morgan fingerprint density at radius 2 is 1.78 bits per heavy atom. The summed E-state index contributed by atoms with van der Waals surface area (Å²) in [7, 11) is 2.91. The minimum atomic E-state index is -0.538. The maximum Gasteiger partial charge on any atom is 0.332 e. The topological polar surface area (TPSA) is 86.2 Å². The van der Waals surface area contributed by atoms with Crippen molar-refractivity contribution in [3.05, 3.63) is 90.3 Å². The summed E-state index contributed by atoms with van der Waals surface area (Å²) in [5, 5.41) is 4.74. The normalized spacial score (nSPS) is 11.5. The molecule has 2 heterocycles. The number of halogens is 3. The van der Waals surface area contributed by atoms with Gasteiger partial charge in [0.05, 0.1) is 17.8 Å². The number of aryl methyl sites for hydroxylation is 1. The molecule has 0 spiro atoms. The summed E-state index contributed by atoms with van der Waals surface area (Å²) < 4.78 is 17.9. The lowest BCUT2D eigenvalue weighted by atomic mass is 10.2. The summed E-state index contributed by atoms with van der Waals surface area (Å²) in [5.41, 5.74) is 2.89. The summed E-state index contributed by atoms with van der Waals surface area (Å²) in [5.74, 6) is -0.370. The fraction of sp³-hybridized carbons (Fsp3) is 0.143. The molecule has 0 aliphatic heterocycles. The highest BCUT2D eigenvalue weighted by Crippen LogP contribution is 2.22. The lowest BCUT2D eigenvalue weighted by Gasteiger charge is -2.10. The molecule has 1 N–H and O–H groups in total. The molecular formula is C21H17Cl2FN6O2. The second-order valence-corrected chi connectivity index (χ2v) is 7.81. The predicted molar refractivity (Wildman–Crippen MR) is 123 cm³/mol. The summed E-state index contributed by atoms with van der Waals surface area (Å²) >= 11 is 12.3. The van der Waals surface area contributed by atoms with Crippen molar-refractivity contribution in [1.82, 2.24) is 18.7 Å². The van der Waals surface area contributed by atoms with Crippen molar-refractivity contribution in [3.63, 3.8) is 0 Å². The SMILES string of the molecule is Cn1c(=O)c2c(nc(N/N=C\c3c(F)cccc3Cl)n2Cc2ccccc2Cl)n(C)c1=O. The van der Waals surface area contributed by atoms with Crippen LogP contribution in [0.4, 0.5) is 10.3 Å². The second-order valence-electron chi connectivity index (χ2n) is 7.00. The molecule has 0 amide bonds. The van der Waals surface area contributed by atoms with Crippen molar-refractivity contribution < 1.29 is 4.39 Å². The van der Waals surface area contributed by atoms with E-state index in [1.165, 1.54) is 43.1 Å². The van der Waals surface area contributed by atoms with Gasteiger partial charge in [-0.3, -0.25) is 18.5 Å². The van der Waals surface area contributed by atoms with E-state index in [0.717, 1.165) is 10.1 Å². The summed E-state index contributed by atoms with van der Waals surface area (Å²) in [6.45, 7) is 0.182. The molecule has 0 saturated carbocycles. The highest BCUT2D eigenvalue weighted by Gasteiger charge is 2.20. The van der Waals surface area contributed by atoms with Crippen molar-refractivity contribution in [3.8, 4) is 0 Å². The Bertz CT molecular complexity index is 1470. The van der Waals surface area contributed by atoms with E-state index in [2.05, 4.69) is 15.5 Å². The minimum Gasteiger partial charge on any atom is -0.298 e.